The van der Waals surface area contributed by atoms with E-state index >= 15 is 0 Å². The molecule has 0 rings (SSSR count). The van der Waals surface area contributed by atoms with Crippen molar-refractivity contribution in [3.05, 3.63) is 46.0 Å². The maximum Gasteiger partial charge on any atom is 3.00 e. The van der Waals surface area contributed by atoms with Crippen LogP contribution in [0.3, 0.4) is 0 Å². The molecule has 0 bridgehead atoms. The summed E-state index contributed by atoms with van der Waals surface area (Å²) in [5.41, 5.74) is 9.24. The van der Waals surface area contributed by atoms with Gasteiger partial charge in [-0.1, -0.05) is 0 Å². The molecule has 2 radical (unpaired) electrons. The largest absolute Gasteiger partial charge is 3.00 e. The molecule has 0 aliphatic heterocycles. The van der Waals surface area contributed by atoms with Gasteiger partial charge in [-0.2, -0.15) is 0 Å². The zero-order chi connectivity index (χ0) is 14.3. The van der Waals surface area contributed by atoms with Gasteiger partial charge < -0.3 is 57.4 Å². The Hall–Kier alpha value is -1.83. The molecule has 0 saturated carbocycles. The zero-order valence-corrected chi connectivity index (χ0v) is 11.8. The number of hydrogen-bond donors (Lipinski definition) is 2. The molecule has 0 aromatic rings. The van der Waals surface area contributed by atoms with Crippen LogP contribution in [0.1, 0.15) is 0 Å². The van der Waals surface area contributed by atoms with E-state index in [0.717, 1.165) is 0 Å². The van der Waals surface area contributed by atoms with Crippen molar-refractivity contribution in [2.45, 2.75) is 0 Å². The van der Waals surface area contributed by atoms with Gasteiger partial charge in [-0.05, 0) is 12.2 Å². The molecule has 0 aliphatic rings. The first kappa shape index (κ1) is 29.5. The summed E-state index contributed by atoms with van der Waals surface area (Å²) in [5, 5.41) is 44.2. The van der Waals surface area contributed by atoms with Gasteiger partial charge in [0.2, 0.25) is 0 Å². The summed E-state index contributed by atoms with van der Waals surface area (Å²) in [6, 6.07) is 0. The van der Waals surface area contributed by atoms with Crippen LogP contribution < -0.4 is 11.5 Å². The summed E-state index contributed by atoms with van der Waals surface area (Å²) in [6.45, 7) is 0. The zero-order valence-electron chi connectivity index (χ0n) is 7.53. The van der Waals surface area contributed by atoms with E-state index in [1.807, 2.05) is 0 Å². The van der Waals surface area contributed by atoms with Gasteiger partial charge in [0.05, 0.1) is 15.3 Å². The second-order valence-electron chi connectivity index (χ2n) is 1.07. The van der Waals surface area contributed by atoms with E-state index in [1.54, 1.807) is 0 Å². The van der Waals surface area contributed by atoms with Gasteiger partial charge in [0.1, 0.15) is 0 Å². The normalized spacial score (nSPS) is 5.65. The minimum atomic E-state index is -1.75. The van der Waals surface area contributed by atoms with E-state index in [4.69, 9.17) is 46.0 Å². The van der Waals surface area contributed by atoms with E-state index < -0.39 is 15.3 Å². The number of nitrogens with two attached hydrogens (primary N) is 2. The molecule has 0 amide bonds. The van der Waals surface area contributed by atoms with Crippen molar-refractivity contribution >= 4 is 43.5 Å². The topological polar surface area (TPSA) is 251 Å². The molecule has 0 aliphatic carbocycles. The molecule has 0 aromatic heterocycles. The van der Waals surface area contributed by atoms with Crippen molar-refractivity contribution in [3.8, 4) is 0 Å². The van der Waals surface area contributed by atoms with Crippen molar-refractivity contribution in [2.75, 3.05) is 0 Å². The summed E-state index contributed by atoms with van der Waals surface area (Å²) in [7, 11) is 0. The molecule has 0 spiro atoms. The van der Waals surface area contributed by atoms with Gasteiger partial charge in [0, 0.05) is 0 Å². The van der Waals surface area contributed by atoms with Crippen LogP contribution >= 0.6 is 12.2 Å². The standard InChI is InChI=1S/CH4N2S.Bi.3NO3/c2-1(3)4;;3*2-1(3)4/h(H4,2,3,4);;;;/q;+3;3*-1. The van der Waals surface area contributed by atoms with E-state index in [0.29, 0.717) is 0 Å². The molecule has 17 heavy (non-hydrogen) atoms. The van der Waals surface area contributed by atoms with Crippen molar-refractivity contribution < 1.29 is 15.3 Å². The first-order valence-electron chi connectivity index (χ1n) is 2.42. The summed E-state index contributed by atoms with van der Waals surface area (Å²) < 4.78 is 0. The average molecular weight is 471 g/mol. The maximum absolute atomic E-state index is 8.25. The van der Waals surface area contributed by atoms with Gasteiger partial charge in [0.25, 0.3) is 0 Å². The Balaban J connectivity index is -0.0000000369. The summed E-state index contributed by atoms with van der Waals surface area (Å²) >= 11 is 4.09. The Morgan fingerprint density at radius 1 is 0.765 bits per heavy atom. The van der Waals surface area contributed by atoms with Crippen molar-refractivity contribution in [2.24, 2.45) is 11.5 Å². The van der Waals surface area contributed by atoms with Crippen LogP contribution in [0.25, 0.3) is 0 Å². The molecular weight excluding hydrogens is 467 g/mol. The van der Waals surface area contributed by atoms with E-state index in [-0.39, 0.29) is 31.3 Å². The fraction of sp³-hybridized carbons (Fsp3) is 0. The Morgan fingerprint density at radius 3 is 0.765 bits per heavy atom. The fourth-order valence-electron chi connectivity index (χ4n) is 0. The van der Waals surface area contributed by atoms with Crippen molar-refractivity contribution in [1.29, 1.82) is 0 Å². The average Bonchev–Trinajstić information content (AvgIpc) is 1.76. The Labute approximate surface area is 116 Å². The van der Waals surface area contributed by atoms with E-state index in [9.17, 15) is 0 Å². The molecule has 0 fully saturated rings. The third kappa shape index (κ3) is 629. The molecule has 0 atom stereocenters. The number of rotatable bonds is 0. The predicted octanol–water partition coefficient (Wildman–Crippen LogP) is -1.91. The minimum Gasteiger partial charge on any atom is -0.377 e. The van der Waals surface area contributed by atoms with Gasteiger partial charge in [0.15, 0.2) is 5.11 Å². The third-order valence-electron chi connectivity index (χ3n) is 0. The van der Waals surface area contributed by atoms with Crippen LogP contribution in [-0.2, 0) is 0 Å². The maximum atomic E-state index is 8.25. The van der Waals surface area contributed by atoms with Crippen LogP contribution in [-0.4, -0.2) is 46.6 Å². The van der Waals surface area contributed by atoms with Gasteiger partial charge in [-0.15, -0.1) is 0 Å². The van der Waals surface area contributed by atoms with Gasteiger partial charge in [-0.3, -0.25) is 0 Å². The third-order valence-corrected chi connectivity index (χ3v) is 0. The molecule has 0 unspecified atom stereocenters. The molecule has 0 aromatic carbocycles. The summed E-state index contributed by atoms with van der Waals surface area (Å²) in [4.78, 5) is 24.8. The molecular formula is CH4BiN5O9S. The van der Waals surface area contributed by atoms with Crippen LogP contribution in [0.15, 0.2) is 0 Å². The van der Waals surface area contributed by atoms with Crippen LogP contribution in [0.4, 0.5) is 0 Å². The number of nitrogens with zero attached hydrogens (tertiary/aromatic N) is 3. The van der Waals surface area contributed by atoms with E-state index in [2.05, 4.69) is 23.7 Å². The smallest absolute Gasteiger partial charge is 0.377 e. The van der Waals surface area contributed by atoms with Crippen molar-refractivity contribution in [1.82, 2.24) is 0 Å². The SMILES string of the molecule is NC(N)=S.O=[N+]([O-])[O-].O=[N+]([O-])[O-].O=[N+]([O-])[O-].[Bi+3]. The van der Waals surface area contributed by atoms with Gasteiger partial charge in [-0.25, -0.2) is 0 Å². The second kappa shape index (κ2) is 23.8. The summed E-state index contributed by atoms with van der Waals surface area (Å²) in [5.74, 6) is 0. The van der Waals surface area contributed by atoms with Crippen molar-refractivity contribution in [3.63, 3.8) is 0 Å². The quantitative estimate of drug-likeness (QED) is 0.170. The molecule has 4 N–H and O–H groups in total. The molecule has 98 valence electrons. The van der Waals surface area contributed by atoms with Gasteiger partial charge >= 0.3 is 26.2 Å². The molecule has 16 heteroatoms. The monoisotopic (exact) mass is 471 g/mol. The Morgan fingerprint density at radius 2 is 0.765 bits per heavy atom. The fourth-order valence-corrected chi connectivity index (χ4v) is 0. The molecule has 0 heterocycles. The summed E-state index contributed by atoms with van der Waals surface area (Å²) in [6.07, 6.45) is 0. The number of hydrogen-bond acceptors (Lipinski definition) is 10. The predicted molar refractivity (Wildman–Crippen MR) is 57.8 cm³/mol. The molecule has 0 saturated heterocycles. The minimum absolute atomic E-state index is 0. The van der Waals surface area contributed by atoms with Crippen LogP contribution in [0.2, 0.25) is 0 Å². The second-order valence-corrected chi connectivity index (χ2v) is 1.54. The number of thiocarbonyl (C=S) groups is 1. The Kier molecular flexibility index (Phi) is 41.2. The first-order valence-corrected chi connectivity index (χ1v) is 2.83. The molecule has 14 nitrogen and oxygen atoms in total. The Bertz CT molecular complexity index is 169. The van der Waals surface area contributed by atoms with Crippen LogP contribution in [0.5, 0.6) is 0 Å². The van der Waals surface area contributed by atoms with E-state index in [1.165, 1.54) is 0 Å². The van der Waals surface area contributed by atoms with Crippen LogP contribution in [0, 0.1) is 46.0 Å². The first-order chi connectivity index (χ1) is 6.93.